The standard InChI is InChI=1S/C13H17ClN2O2S/c1-8-5-10(12(18-2)6-9(8)14)16-13(17)11-7-19-4-3-15-11/h5-6,11,15H,3-4,7H2,1-2H3,(H,16,17). The third-order valence-electron chi connectivity index (χ3n) is 2.98. The van der Waals surface area contributed by atoms with E-state index in [9.17, 15) is 4.79 Å². The normalized spacial score (nSPS) is 19.0. The molecule has 0 spiro atoms. The SMILES string of the molecule is COc1cc(Cl)c(C)cc1NC(=O)C1CSCCN1. The summed E-state index contributed by atoms with van der Waals surface area (Å²) < 4.78 is 5.24. The second-order valence-corrected chi connectivity index (χ2v) is 5.93. The van der Waals surface area contributed by atoms with Crippen LogP contribution >= 0.6 is 23.4 Å². The van der Waals surface area contributed by atoms with E-state index in [1.54, 1.807) is 24.9 Å². The maximum atomic E-state index is 12.2. The lowest BCUT2D eigenvalue weighted by Gasteiger charge is -2.23. The van der Waals surface area contributed by atoms with Crippen LogP contribution in [0.3, 0.4) is 0 Å². The molecular weight excluding hydrogens is 284 g/mol. The van der Waals surface area contributed by atoms with Crippen LogP contribution < -0.4 is 15.4 Å². The molecule has 0 radical (unpaired) electrons. The van der Waals surface area contributed by atoms with Gasteiger partial charge in [0.05, 0.1) is 18.8 Å². The van der Waals surface area contributed by atoms with Gasteiger partial charge < -0.3 is 15.4 Å². The molecule has 104 valence electrons. The Kier molecular flexibility index (Phi) is 4.96. The molecule has 6 heteroatoms. The Morgan fingerprint density at radius 3 is 3.00 bits per heavy atom. The van der Waals surface area contributed by atoms with Crippen LogP contribution in [0.15, 0.2) is 12.1 Å². The van der Waals surface area contributed by atoms with Crippen molar-refractivity contribution in [1.82, 2.24) is 5.32 Å². The average molecular weight is 301 g/mol. The van der Waals surface area contributed by atoms with Gasteiger partial charge in [0, 0.05) is 29.1 Å². The van der Waals surface area contributed by atoms with Crippen molar-refractivity contribution in [3.63, 3.8) is 0 Å². The summed E-state index contributed by atoms with van der Waals surface area (Å²) in [7, 11) is 1.56. The van der Waals surface area contributed by atoms with Crippen molar-refractivity contribution in [3.05, 3.63) is 22.7 Å². The van der Waals surface area contributed by atoms with Crippen molar-refractivity contribution in [2.75, 3.05) is 30.5 Å². The number of amides is 1. The van der Waals surface area contributed by atoms with Crippen molar-refractivity contribution >= 4 is 35.0 Å². The molecule has 2 rings (SSSR count). The van der Waals surface area contributed by atoms with Crippen LogP contribution in [0, 0.1) is 6.92 Å². The Morgan fingerprint density at radius 2 is 2.37 bits per heavy atom. The number of aryl methyl sites for hydroxylation is 1. The van der Waals surface area contributed by atoms with E-state index in [1.165, 1.54) is 0 Å². The summed E-state index contributed by atoms with van der Waals surface area (Å²) in [6.45, 7) is 2.76. The number of thioether (sulfide) groups is 1. The quantitative estimate of drug-likeness (QED) is 0.899. The molecule has 1 atom stereocenters. The highest BCUT2D eigenvalue weighted by molar-refractivity contribution is 7.99. The second-order valence-electron chi connectivity index (χ2n) is 4.37. The number of rotatable bonds is 3. The van der Waals surface area contributed by atoms with Crippen molar-refractivity contribution in [3.8, 4) is 5.75 Å². The van der Waals surface area contributed by atoms with E-state index in [4.69, 9.17) is 16.3 Å². The number of carbonyl (C=O) groups is 1. The summed E-state index contributed by atoms with van der Waals surface area (Å²) in [6, 6.07) is 3.39. The maximum absolute atomic E-state index is 12.2. The van der Waals surface area contributed by atoms with E-state index in [2.05, 4.69) is 10.6 Å². The van der Waals surface area contributed by atoms with Gasteiger partial charge in [0.1, 0.15) is 5.75 Å². The summed E-state index contributed by atoms with van der Waals surface area (Å²) in [5.74, 6) is 2.38. The molecule has 1 heterocycles. The lowest BCUT2D eigenvalue weighted by atomic mass is 10.2. The molecule has 1 saturated heterocycles. The van der Waals surface area contributed by atoms with E-state index < -0.39 is 0 Å². The van der Waals surface area contributed by atoms with Gasteiger partial charge in [-0.15, -0.1) is 0 Å². The van der Waals surface area contributed by atoms with Crippen molar-refractivity contribution in [2.45, 2.75) is 13.0 Å². The van der Waals surface area contributed by atoms with E-state index in [0.29, 0.717) is 16.5 Å². The van der Waals surface area contributed by atoms with Gasteiger partial charge in [0.15, 0.2) is 0 Å². The summed E-state index contributed by atoms with van der Waals surface area (Å²) in [4.78, 5) is 12.2. The van der Waals surface area contributed by atoms with Crippen LogP contribution in [0.5, 0.6) is 5.75 Å². The Morgan fingerprint density at radius 1 is 1.58 bits per heavy atom. The Bertz CT molecular complexity index is 476. The molecule has 0 aliphatic carbocycles. The minimum Gasteiger partial charge on any atom is -0.495 e. The molecule has 1 aliphatic heterocycles. The molecule has 0 bridgehead atoms. The molecule has 0 saturated carbocycles. The topological polar surface area (TPSA) is 50.4 Å². The molecule has 1 aliphatic rings. The van der Waals surface area contributed by atoms with Gasteiger partial charge in [-0.25, -0.2) is 0 Å². The molecule has 4 nitrogen and oxygen atoms in total. The van der Waals surface area contributed by atoms with E-state index in [0.717, 1.165) is 23.6 Å². The number of ether oxygens (including phenoxy) is 1. The maximum Gasteiger partial charge on any atom is 0.242 e. The fourth-order valence-electron chi connectivity index (χ4n) is 1.88. The minimum atomic E-state index is -0.153. The van der Waals surface area contributed by atoms with Gasteiger partial charge in [0.25, 0.3) is 0 Å². The Balaban J connectivity index is 2.13. The highest BCUT2D eigenvalue weighted by atomic mass is 35.5. The highest BCUT2D eigenvalue weighted by Gasteiger charge is 2.22. The number of halogens is 1. The number of hydrogen-bond donors (Lipinski definition) is 2. The monoisotopic (exact) mass is 300 g/mol. The number of carbonyl (C=O) groups excluding carboxylic acids is 1. The number of hydrogen-bond acceptors (Lipinski definition) is 4. The van der Waals surface area contributed by atoms with Crippen molar-refractivity contribution in [2.24, 2.45) is 0 Å². The molecule has 0 aromatic heterocycles. The molecule has 1 amide bonds. The summed E-state index contributed by atoms with van der Waals surface area (Å²) in [5.41, 5.74) is 1.57. The van der Waals surface area contributed by atoms with Crippen molar-refractivity contribution < 1.29 is 9.53 Å². The first-order chi connectivity index (χ1) is 9.11. The molecule has 1 aromatic rings. The van der Waals surface area contributed by atoms with E-state index >= 15 is 0 Å². The van der Waals surface area contributed by atoms with Gasteiger partial charge in [-0.1, -0.05) is 11.6 Å². The smallest absolute Gasteiger partial charge is 0.242 e. The van der Waals surface area contributed by atoms with Crippen LogP contribution in [0.25, 0.3) is 0 Å². The Hall–Kier alpha value is -0.910. The lowest BCUT2D eigenvalue weighted by Crippen LogP contribution is -2.46. The zero-order valence-electron chi connectivity index (χ0n) is 11.0. The van der Waals surface area contributed by atoms with Crippen LogP contribution in [0.2, 0.25) is 5.02 Å². The van der Waals surface area contributed by atoms with Gasteiger partial charge in [-0.3, -0.25) is 4.79 Å². The summed E-state index contributed by atoms with van der Waals surface area (Å²) in [6.07, 6.45) is 0. The first-order valence-electron chi connectivity index (χ1n) is 6.08. The van der Waals surface area contributed by atoms with Crippen molar-refractivity contribution in [1.29, 1.82) is 0 Å². The number of nitrogens with one attached hydrogen (secondary N) is 2. The number of methoxy groups -OCH3 is 1. The molecule has 1 fully saturated rings. The predicted molar refractivity (Wildman–Crippen MR) is 80.5 cm³/mol. The zero-order valence-corrected chi connectivity index (χ0v) is 12.5. The number of anilines is 1. The first-order valence-corrected chi connectivity index (χ1v) is 7.61. The summed E-state index contributed by atoms with van der Waals surface area (Å²) >= 11 is 7.82. The Labute approximate surface area is 122 Å². The third-order valence-corrected chi connectivity index (χ3v) is 4.45. The molecule has 1 aromatic carbocycles. The average Bonchev–Trinajstić information content (AvgIpc) is 2.43. The second kappa shape index (κ2) is 6.50. The summed E-state index contributed by atoms with van der Waals surface area (Å²) in [5, 5.41) is 6.73. The first kappa shape index (κ1) is 14.5. The van der Waals surface area contributed by atoms with Gasteiger partial charge in [-0.2, -0.15) is 11.8 Å². The van der Waals surface area contributed by atoms with Gasteiger partial charge in [-0.05, 0) is 18.6 Å². The van der Waals surface area contributed by atoms with E-state index in [1.807, 2.05) is 13.0 Å². The highest BCUT2D eigenvalue weighted by Crippen LogP contribution is 2.31. The van der Waals surface area contributed by atoms with Crippen LogP contribution in [0.4, 0.5) is 5.69 Å². The van der Waals surface area contributed by atoms with Crippen LogP contribution in [-0.2, 0) is 4.79 Å². The minimum absolute atomic E-state index is 0.0350. The molecule has 19 heavy (non-hydrogen) atoms. The van der Waals surface area contributed by atoms with Crippen LogP contribution in [0.1, 0.15) is 5.56 Å². The van der Waals surface area contributed by atoms with Crippen LogP contribution in [-0.4, -0.2) is 37.1 Å². The lowest BCUT2D eigenvalue weighted by molar-refractivity contribution is -0.117. The largest absolute Gasteiger partial charge is 0.495 e. The van der Waals surface area contributed by atoms with Gasteiger partial charge in [0.2, 0.25) is 5.91 Å². The number of benzene rings is 1. The predicted octanol–water partition coefficient (Wildman–Crippen LogP) is 2.30. The molecular formula is C13H17ClN2O2S. The van der Waals surface area contributed by atoms with E-state index in [-0.39, 0.29) is 11.9 Å². The fourth-order valence-corrected chi connectivity index (χ4v) is 2.97. The molecule has 1 unspecified atom stereocenters. The third kappa shape index (κ3) is 3.55. The molecule has 2 N–H and O–H groups in total. The fraction of sp³-hybridized carbons (Fsp3) is 0.462. The van der Waals surface area contributed by atoms with Gasteiger partial charge >= 0.3 is 0 Å². The zero-order chi connectivity index (χ0) is 13.8.